The Morgan fingerprint density at radius 1 is 1.26 bits per heavy atom. The minimum atomic E-state index is -3.96. The van der Waals surface area contributed by atoms with E-state index in [0.29, 0.717) is 25.8 Å². The summed E-state index contributed by atoms with van der Waals surface area (Å²) < 4.78 is 20.4. The molecular weight excluding hydrogens is 455 g/mol. The Morgan fingerprint density at radius 2 is 2.00 bits per heavy atom. The Labute approximate surface area is 201 Å². The van der Waals surface area contributed by atoms with Crippen molar-refractivity contribution in [3.05, 3.63) is 72.1 Å². The molecule has 0 radical (unpaired) electrons. The first-order chi connectivity index (χ1) is 16.3. The van der Waals surface area contributed by atoms with Crippen LogP contribution in [0.25, 0.3) is 16.7 Å². The number of hydrogen-bond donors (Lipinski definition) is 3. The number of rotatable bonds is 14. The number of nitrogens with one attached hydrogen (secondary N) is 1. The van der Waals surface area contributed by atoms with E-state index in [0.717, 1.165) is 40.6 Å². The molecule has 0 saturated carbocycles. The van der Waals surface area contributed by atoms with Gasteiger partial charge < -0.3 is 15.3 Å². The molecule has 1 amide bonds. The maximum atomic E-state index is 12.6. The van der Waals surface area contributed by atoms with Crippen LogP contribution in [0.4, 0.5) is 0 Å². The Kier molecular flexibility index (Phi) is 11.3. The number of aromatic nitrogens is 1. The van der Waals surface area contributed by atoms with Gasteiger partial charge in [-0.05, 0) is 54.0 Å². The highest BCUT2D eigenvalue weighted by Crippen LogP contribution is 2.41. The highest BCUT2D eigenvalue weighted by Gasteiger charge is 2.18. The predicted molar refractivity (Wildman–Crippen MR) is 133 cm³/mol. The molecule has 3 N–H and O–H groups in total. The minimum Gasteiger partial charge on any atom is -0.396 e. The summed E-state index contributed by atoms with van der Waals surface area (Å²) in [7, 11) is -2.86. The quantitative estimate of drug-likeness (QED) is 0.207. The minimum absolute atomic E-state index is 0.00200. The number of carbonyl (C=O) groups excluding carboxylic acids is 1. The van der Waals surface area contributed by atoms with Crippen LogP contribution in [-0.2, 0) is 24.8 Å². The topological polar surface area (TPSA) is 118 Å². The molecule has 0 aliphatic heterocycles. The first-order valence-electron chi connectivity index (χ1n) is 11.1. The van der Waals surface area contributed by atoms with Gasteiger partial charge in [0.05, 0.1) is 18.7 Å². The number of benzene rings is 1. The zero-order valence-corrected chi connectivity index (χ0v) is 20.6. The van der Waals surface area contributed by atoms with E-state index < -0.39 is 7.82 Å². The van der Waals surface area contributed by atoms with E-state index in [-0.39, 0.29) is 25.5 Å². The summed E-state index contributed by atoms with van der Waals surface area (Å²) in [5.41, 5.74) is 5.32. The van der Waals surface area contributed by atoms with Crippen LogP contribution in [0.5, 0.6) is 0 Å². The molecule has 34 heavy (non-hydrogen) atoms. The van der Waals surface area contributed by atoms with Crippen LogP contribution in [0.15, 0.2) is 55.3 Å². The van der Waals surface area contributed by atoms with E-state index in [4.69, 9.17) is 4.52 Å². The monoisotopic (exact) mass is 488 g/mol. The highest BCUT2D eigenvalue weighted by atomic mass is 31.2. The van der Waals surface area contributed by atoms with Crippen molar-refractivity contribution in [2.24, 2.45) is 0 Å². The third kappa shape index (κ3) is 8.31. The molecule has 9 heteroatoms. The lowest BCUT2D eigenvalue weighted by Crippen LogP contribution is -2.26. The number of phosphoric ester groups is 1. The standard InChI is InChI=1S/C25H33N2O6P/c1-4-10-21(13-15-28)25-19(2)24(20-11-6-5-7-12-20)22(18-27-25)17-23(29)26-14-8-9-16-33-34(30,31)32-3/h4-7,10-12,18,28H,1,8-9,13-17H2,2-3H3,(H,26,29)(H,30,31)/b21-10-. The summed E-state index contributed by atoms with van der Waals surface area (Å²) >= 11 is 0. The number of carbonyl (C=O) groups is 1. The zero-order chi connectivity index (χ0) is 25.0. The molecule has 1 heterocycles. The van der Waals surface area contributed by atoms with Gasteiger partial charge in [-0.25, -0.2) is 4.57 Å². The first-order valence-corrected chi connectivity index (χ1v) is 12.6. The smallest absolute Gasteiger partial charge is 0.396 e. The van der Waals surface area contributed by atoms with E-state index in [2.05, 4.69) is 21.4 Å². The lowest BCUT2D eigenvalue weighted by molar-refractivity contribution is -0.120. The molecule has 0 bridgehead atoms. The fourth-order valence-corrected chi connectivity index (χ4v) is 4.06. The summed E-state index contributed by atoms with van der Waals surface area (Å²) in [6, 6.07) is 9.83. The molecule has 184 valence electrons. The molecule has 8 nitrogen and oxygen atoms in total. The van der Waals surface area contributed by atoms with Crippen molar-refractivity contribution in [3.8, 4) is 11.1 Å². The van der Waals surface area contributed by atoms with Crippen LogP contribution < -0.4 is 5.32 Å². The average Bonchev–Trinajstić information content (AvgIpc) is 2.82. The Hall–Kier alpha value is -2.61. The third-order valence-electron chi connectivity index (χ3n) is 5.20. The summed E-state index contributed by atoms with van der Waals surface area (Å²) in [6.45, 7) is 6.21. The fourth-order valence-electron chi connectivity index (χ4n) is 3.59. The molecule has 0 fully saturated rings. The lowest BCUT2D eigenvalue weighted by atomic mass is 9.91. The average molecular weight is 489 g/mol. The number of phosphoric acid groups is 1. The summed E-state index contributed by atoms with van der Waals surface area (Å²) in [5.74, 6) is -0.144. The second-order valence-electron chi connectivity index (χ2n) is 7.62. The van der Waals surface area contributed by atoms with Crippen LogP contribution in [0.1, 0.15) is 36.1 Å². The number of hydrogen-bond acceptors (Lipinski definition) is 6. The van der Waals surface area contributed by atoms with Gasteiger partial charge >= 0.3 is 7.82 Å². The van der Waals surface area contributed by atoms with Gasteiger partial charge in [-0.1, -0.05) is 49.1 Å². The van der Waals surface area contributed by atoms with Crippen molar-refractivity contribution < 1.29 is 28.4 Å². The third-order valence-corrected chi connectivity index (χ3v) is 6.17. The fraction of sp³-hybridized carbons (Fsp3) is 0.360. The molecule has 0 aliphatic rings. The van der Waals surface area contributed by atoms with Gasteiger partial charge in [0.15, 0.2) is 0 Å². The van der Waals surface area contributed by atoms with Gasteiger partial charge in [0.1, 0.15) is 0 Å². The number of aliphatic hydroxyl groups excluding tert-OH is 1. The molecule has 1 atom stereocenters. The Morgan fingerprint density at radius 3 is 2.65 bits per heavy atom. The van der Waals surface area contributed by atoms with Crippen LogP contribution in [0.2, 0.25) is 0 Å². The van der Waals surface area contributed by atoms with Gasteiger partial charge in [0.25, 0.3) is 0 Å². The van der Waals surface area contributed by atoms with Gasteiger partial charge in [0, 0.05) is 26.5 Å². The highest BCUT2D eigenvalue weighted by molar-refractivity contribution is 7.47. The number of amides is 1. The predicted octanol–water partition coefficient (Wildman–Crippen LogP) is 4.21. The molecule has 1 aromatic heterocycles. The number of allylic oxidation sites excluding steroid dienone is 2. The van der Waals surface area contributed by atoms with Crippen molar-refractivity contribution >= 4 is 19.3 Å². The number of unbranched alkanes of at least 4 members (excludes halogenated alkanes) is 1. The van der Waals surface area contributed by atoms with E-state index in [1.54, 1.807) is 12.3 Å². The van der Waals surface area contributed by atoms with E-state index in [9.17, 15) is 19.4 Å². The normalized spacial score (nSPS) is 13.4. The molecule has 0 spiro atoms. The van der Waals surface area contributed by atoms with Crippen LogP contribution >= 0.6 is 7.82 Å². The zero-order valence-electron chi connectivity index (χ0n) is 19.7. The van der Waals surface area contributed by atoms with E-state index >= 15 is 0 Å². The molecule has 2 aromatic rings. The molecule has 0 aliphatic carbocycles. The maximum Gasteiger partial charge on any atom is 0.471 e. The van der Waals surface area contributed by atoms with Gasteiger partial charge in [-0.15, -0.1) is 0 Å². The van der Waals surface area contributed by atoms with Crippen molar-refractivity contribution in [3.63, 3.8) is 0 Å². The molecule has 2 rings (SSSR count). The van der Waals surface area contributed by atoms with Crippen LogP contribution in [0.3, 0.4) is 0 Å². The Balaban J connectivity index is 2.14. The molecule has 1 aromatic carbocycles. The second-order valence-corrected chi connectivity index (χ2v) is 9.18. The summed E-state index contributed by atoms with van der Waals surface area (Å²) in [5, 5.41) is 12.3. The van der Waals surface area contributed by atoms with Gasteiger partial charge in [0.2, 0.25) is 5.91 Å². The number of pyridine rings is 1. The summed E-state index contributed by atoms with van der Waals surface area (Å²) in [4.78, 5) is 26.5. The second kappa shape index (κ2) is 13.9. The van der Waals surface area contributed by atoms with Gasteiger partial charge in [-0.3, -0.25) is 18.8 Å². The number of nitrogens with zero attached hydrogens (tertiary/aromatic N) is 1. The lowest BCUT2D eigenvalue weighted by Gasteiger charge is -2.17. The van der Waals surface area contributed by atoms with Crippen molar-refractivity contribution in [2.45, 2.75) is 32.6 Å². The largest absolute Gasteiger partial charge is 0.471 e. The maximum absolute atomic E-state index is 12.6. The molecule has 1 unspecified atom stereocenters. The van der Waals surface area contributed by atoms with Crippen molar-refractivity contribution in [1.29, 1.82) is 0 Å². The van der Waals surface area contributed by atoms with Crippen molar-refractivity contribution in [1.82, 2.24) is 10.3 Å². The number of aliphatic hydroxyl groups is 1. The van der Waals surface area contributed by atoms with E-state index in [1.807, 2.05) is 43.3 Å². The SMILES string of the molecule is C=C/C=C(/CCO)c1ncc(CC(=O)NCCCCOP(=O)(O)OC)c(-c2ccccc2)c1C. The molecule has 0 saturated heterocycles. The summed E-state index contributed by atoms with van der Waals surface area (Å²) in [6.07, 6.45) is 6.94. The van der Waals surface area contributed by atoms with Gasteiger partial charge in [-0.2, -0.15) is 0 Å². The van der Waals surface area contributed by atoms with Crippen LogP contribution in [-0.4, -0.2) is 47.8 Å². The van der Waals surface area contributed by atoms with Crippen LogP contribution in [0, 0.1) is 6.92 Å². The van der Waals surface area contributed by atoms with E-state index in [1.165, 1.54) is 0 Å². The Bertz CT molecular complexity index is 1040. The first kappa shape index (κ1) is 27.6. The van der Waals surface area contributed by atoms with Crippen molar-refractivity contribution in [2.75, 3.05) is 26.9 Å². The molecular formula is C25H33N2O6P.